The van der Waals surface area contributed by atoms with E-state index in [1.54, 1.807) is 0 Å². The molecule has 1 amide bonds. The molecule has 0 N–H and O–H groups in total. The van der Waals surface area contributed by atoms with Crippen molar-refractivity contribution in [3.8, 4) is 0 Å². The first-order valence-corrected chi connectivity index (χ1v) is 10.6. The molecule has 4 rings (SSSR count). The topological polar surface area (TPSA) is 52.6 Å². The molecule has 0 aliphatic carbocycles. The fourth-order valence-corrected chi connectivity index (χ4v) is 3.96. The third kappa shape index (κ3) is 5.21. The Morgan fingerprint density at radius 1 is 0.931 bits per heavy atom. The van der Waals surface area contributed by atoms with Crippen molar-refractivity contribution in [1.29, 1.82) is 0 Å². The number of carbonyl (C=O) groups is 1. The molecule has 2 fully saturated rings. The molecular weight excluding hydrogens is 362 g/mol. The highest BCUT2D eigenvalue weighted by Gasteiger charge is 2.22. The Balaban J connectivity index is 1.30. The Kier molecular flexibility index (Phi) is 6.52. The second kappa shape index (κ2) is 9.65. The van der Waals surface area contributed by atoms with Crippen molar-refractivity contribution in [2.75, 3.05) is 50.7 Å². The van der Waals surface area contributed by atoms with Crippen LogP contribution in [0.5, 0.6) is 0 Å². The number of hydrogen-bond acceptors (Lipinski definition) is 5. The molecule has 0 spiro atoms. The van der Waals surface area contributed by atoms with Gasteiger partial charge in [-0.3, -0.25) is 9.69 Å². The maximum absolute atomic E-state index is 12.7. The minimum Gasteiger partial charge on any atom is -0.354 e. The summed E-state index contributed by atoms with van der Waals surface area (Å²) in [6.45, 7) is 6.42. The zero-order valence-electron chi connectivity index (χ0n) is 16.9. The summed E-state index contributed by atoms with van der Waals surface area (Å²) in [6, 6.07) is 12.3. The van der Waals surface area contributed by atoms with Crippen molar-refractivity contribution in [1.82, 2.24) is 19.8 Å². The zero-order chi connectivity index (χ0) is 19.9. The third-order valence-corrected chi connectivity index (χ3v) is 5.68. The van der Waals surface area contributed by atoms with Crippen LogP contribution in [-0.2, 0) is 0 Å². The zero-order valence-corrected chi connectivity index (χ0v) is 16.9. The third-order valence-electron chi connectivity index (χ3n) is 5.68. The second-order valence-electron chi connectivity index (χ2n) is 7.72. The molecule has 0 atom stereocenters. The van der Waals surface area contributed by atoms with E-state index in [4.69, 9.17) is 0 Å². The Morgan fingerprint density at radius 2 is 1.69 bits per heavy atom. The number of aromatic nitrogens is 2. The van der Waals surface area contributed by atoms with Gasteiger partial charge >= 0.3 is 0 Å². The first-order valence-electron chi connectivity index (χ1n) is 10.6. The summed E-state index contributed by atoms with van der Waals surface area (Å²) in [5, 5.41) is 0. The first kappa shape index (κ1) is 19.6. The van der Waals surface area contributed by atoms with Crippen molar-refractivity contribution in [2.24, 2.45) is 0 Å². The van der Waals surface area contributed by atoms with Crippen molar-refractivity contribution in [3.05, 3.63) is 60.1 Å². The Hall–Kier alpha value is -2.73. The van der Waals surface area contributed by atoms with Crippen molar-refractivity contribution in [3.63, 3.8) is 0 Å². The number of amides is 1. The smallest absolute Gasteiger partial charge is 0.272 e. The minimum atomic E-state index is 0.0398. The molecule has 0 unspecified atom stereocenters. The van der Waals surface area contributed by atoms with Crippen LogP contribution in [0.3, 0.4) is 0 Å². The second-order valence-corrected chi connectivity index (χ2v) is 7.72. The van der Waals surface area contributed by atoms with Crippen LogP contribution in [0.1, 0.15) is 35.3 Å². The van der Waals surface area contributed by atoms with E-state index >= 15 is 0 Å². The lowest BCUT2D eigenvalue weighted by Gasteiger charge is -2.35. The fraction of sp³-hybridized carbons (Fsp3) is 0.435. The van der Waals surface area contributed by atoms with Gasteiger partial charge in [-0.1, -0.05) is 42.5 Å². The number of likely N-dealkylation sites (tertiary alicyclic amines) is 1. The molecule has 1 aromatic heterocycles. The van der Waals surface area contributed by atoms with Crippen LogP contribution in [0.2, 0.25) is 0 Å². The number of hydrogen-bond donors (Lipinski definition) is 0. The average molecular weight is 392 g/mol. The first-order chi connectivity index (χ1) is 14.3. The van der Waals surface area contributed by atoms with Gasteiger partial charge in [-0.15, -0.1) is 0 Å². The van der Waals surface area contributed by atoms with Gasteiger partial charge in [-0.2, -0.15) is 0 Å². The van der Waals surface area contributed by atoms with Crippen molar-refractivity contribution >= 4 is 17.8 Å². The number of nitrogens with zero attached hydrogens (tertiary/aromatic N) is 5. The summed E-state index contributed by atoms with van der Waals surface area (Å²) in [5.41, 5.74) is 1.75. The summed E-state index contributed by atoms with van der Waals surface area (Å²) < 4.78 is 0. The summed E-state index contributed by atoms with van der Waals surface area (Å²) in [6.07, 6.45) is 9.32. The molecule has 0 bridgehead atoms. The van der Waals surface area contributed by atoms with Crippen LogP contribution in [0.15, 0.2) is 48.8 Å². The number of benzene rings is 1. The quantitative estimate of drug-likeness (QED) is 0.784. The lowest BCUT2D eigenvalue weighted by molar-refractivity contribution is 0.0718. The van der Waals surface area contributed by atoms with Gasteiger partial charge in [0, 0.05) is 51.9 Å². The maximum atomic E-state index is 12.7. The molecule has 2 aliphatic rings. The van der Waals surface area contributed by atoms with Crippen molar-refractivity contribution in [2.45, 2.75) is 19.3 Å². The summed E-state index contributed by atoms with van der Waals surface area (Å²) in [5.74, 6) is 0.901. The Bertz CT molecular complexity index is 824. The van der Waals surface area contributed by atoms with E-state index in [9.17, 15) is 4.79 Å². The molecule has 0 saturated carbocycles. The number of piperazine rings is 1. The fourth-order valence-electron chi connectivity index (χ4n) is 3.96. The molecule has 2 saturated heterocycles. The highest BCUT2D eigenvalue weighted by molar-refractivity contribution is 5.93. The van der Waals surface area contributed by atoms with Crippen LogP contribution < -0.4 is 4.90 Å². The molecule has 152 valence electrons. The molecular formula is C23H29N5O. The molecule has 2 aromatic rings. The van der Waals surface area contributed by atoms with Crippen LogP contribution in [0.25, 0.3) is 6.08 Å². The molecule has 6 heteroatoms. The predicted molar refractivity (Wildman–Crippen MR) is 116 cm³/mol. The maximum Gasteiger partial charge on any atom is 0.272 e. The van der Waals surface area contributed by atoms with Gasteiger partial charge in [0.2, 0.25) is 0 Å². The largest absolute Gasteiger partial charge is 0.354 e. The highest BCUT2D eigenvalue weighted by Crippen LogP contribution is 2.17. The summed E-state index contributed by atoms with van der Waals surface area (Å²) in [4.78, 5) is 28.0. The average Bonchev–Trinajstić information content (AvgIpc) is 2.80. The molecule has 1 aromatic carbocycles. The monoisotopic (exact) mass is 391 g/mol. The normalized spacial score (nSPS) is 18.3. The van der Waals surface area contributed by atoms with Gasteiger partial charge in [0.15, 0.2) is 0 Å². The van der Waals surface area contributed by atoms with E-state index in [0.29, 0.717) is 5.69 Å². The molecule has 3 heterocycles. The van der Waals surface area contributed by atoms with Gasteiger partial charge in [-0.25, -0.2) is 9.97 Å². The Morgan fingerprint density at radius 3 is 2.45 bits per heavy atom. The number of carbonyl (C=O) groups excluding carboxylic acids is 1. The van der Waals surface area contributed by atoms with Gasteiger partial charge in [0.1, 0.15) is 17.8 Å². The molecule has 6 nitrogen and oxygen atoms in total. The number of anilines is 1. The summed E-state index contributed by atoms with van der Waals surface area (Å²) in [7, 11) is 0. The van der Waals surface area contributed by atoms with E-state index in [-0.39, 0.29) is 5.91 Å². The minimum absolute atomic E-state index is 0.0398. The van der Waals surface area contributed by atoms with Gasteiger partial charge in [0.25, 0.3) is 5.91 Å². The SMILES string of the molecule is O=C(c1cc(N2CCN(C/C=C/c3ccccc3)CC2)ncn1)N1CCCCC1. The van der Waals surface area contributed by atoms with Crippen LogP contribution >= 0.6 is 0 Å². The van der Waals surface area contributed by atoms with E-state index in [1.807, 2.05) is 17.0 Å². The van der Waals surface area contributed by atoms with Crippen LogP contribution in [0, 0.1) is 0 Å². The van der Waals surface area contributed by atoms with Gasteiger partial charge < -0.3 is 9.80 Å². The van der Waals surface area contributed by atoms with E-state index < -0.39 is 0 Å². The van der Waals surface area contributed by atoms with Crippen LogP contribution in [0.4, 0.5) is 5.82 Å². The molecule has 0 radical (unpaired) electrons. The standard InChI is InChI=1S/C23H29N5O/c29-23(28-12-5-2-6-13-28)21-18-22(25-19-24-21)27-16-14-26(15-17-27)11-7-10-20-8-3-1-4-9-20/h1,3-4,7-10,18-19H,2,5-6,11-17H2/b10-7+. The lowest BCUT2D eigenvalue weighted by Crippen LogP contribution is -2.46. The number of piperidine rings is 1. The Labute approximate surface area is 172 Å². The predicted octanol–water partition coefficient (Wildman–Crippen LogP) is 2.94. The molecule has 2 aliphatic heterocycles. The lowest BCUT2D eigenvalue weighted by atomic mass is 10.1. The van der Waals surface area contributed by atoms with E-state index in [2.05, 4.69) is 56.2 Å². The summed E-state index contributed by atoms with van der Waals surface area (Å²) >= 11 is 0. The molecule has 29 heavy (non-hydrogen) atoms. The highest BCUT2D eigenvalue weighted by atomic mass is 16.2. The van der Waals surface area contributed by atoms with Crippen LogP contribution in [-0.4, -0.2) is 71.5 Å². The van der Waals surface area contributed by atoms with E-state index in [0.717, 1.165) is 64.5 Å². The van der Waals surface area contributed by atoms with Gasteiger partial charge in [-0.05, 0) is 24.8 Å². The van der Waals surface area contributed by atoms with E-state index in [1.165, 1.54) is 18.3 Å². The number of rotatable bonds is 5. The van der Waals surface area contributed by atoms with Crippen molar-refractivity contribution < 1.29 is 4.79 Å². The van der Waals surface area contributed by atoms with Gasteiger partial charge in [0.05, 0.1) is 0 Å².